The summed E-state index contributed by atoms with van der Waals surface area (Å²) < 4.78 is 26.9. The van der Waals surface area contributed by atoms with Gasteiger partial charge in [0.2, 0.25) is 0 Å². The van der Waals surface area contributed by atoms with Crippen molar-refractivity contribution in [2.75, 3.05) is 13.7 Å². The van der Waals surface area contributed by atoms with Crippen molar-refractivity contribution >= 4 is 22.6 Å². The molecule has 236 valence electrons. The highest BCUT2D eigenvalue weighted by Gasteiger charge is 2.71. The molecule has 1 heterocycles. The number of carbonyl (C=O) groups excluding carboxylic acids is 1. The Morgan fingerprint density at radius 2 is 1.59 bits per heavy atom. The number of esters is 1. The van der Waals surface area contributed by atoms with Gasteiger partial charge in [0.25, 0.3) is 0 Å². The average Bonchev–Trinajstić information content (AvgIpc) is 2.88. The van der Waals surface area contributed by atoms with Crippen LogP contribution in [0.4, 0.5) is 0 Å². The van der Waals surface area contributed by atoms with Crippen LogP contribution in [0.5, 0.6) is 0 Å². The smallest absolute Gasteiger partial charge is 0.320 e. The van der Waals surface area contributed by atoms with Crippen molar-refractivity contribution in [1.82, 2.24) is 0 Å². The Labute approximate surface area is 254 Å². The summed E-state index contributed by atoms with van der Waals surface area (Å²) in [7, 11) is -2.17. The van der Waals surface area contributed by atoms with Gasteiger partial charge in [0.1, 0.15) is 11.2 Å². The molecule has 9 atom stereocenters. The second-order valence-corrected chi connectivity index (χ2v) is 25.9. The van der Waals surface area contributed by atoms with Crippen molar-refractivity contribution in [2.45, 2.75) is 143 Å². The van der Waals surface area contributed by atoms with Crippen LogP contribution in [0.1, 0.15) is 94.9 Å². The lowest BCUT2D eigenvalue weighted by Crippen LogP contribution is -2.69. The van der Waals surface area contributed by atoms with Gasteiger partial charge in [-0.3, -0.25) is 4.79 Å². The van der Waals surface area contributed by atoms with Gasteiger partial charge in [-0.1, -0.05) is 62.3 Å². The zero-order valence-corrected chi connectivity index (χ0v) is 30.7. The molecular formula is C34H62O5Si2. The van der Waals surface area contributed by atoms with Gasteiger partial charge in [0.15, 0.2) is 16.6 Å². The number of hydrogen-bond acceptors (Lipinski definition) is 5. The van der Waals surface area contributed by atoms with Gasteiger partial charge >= 0.3 is 5.97 Å². The van der Waals surface area contributed by atoms with Gasteiger partial charge in [-0.2, -0.15) is 0 Å². The van der Waals surface area contributed by atoms with Gasteiger partial charge in [-0.15, -0.1) is 0 Å². The quantitative estimate of drug-likeness (QED) is 0.204. The fraction of sp³-hybridized carbons (Fsp3) is 0.912. The fourth-order valence-electron chi connectivity index (χ4n) is 9.54. The van der Waals surface area contributed by atoms with Gasteiger partial charge in [-0.05, 0) is 104 Å². The summed E-state index contributed by atoms with van der Waals surface area (Å²) in [6, 6.07) is 3.54. The second-order valence-electron chi connectivity index (χ2n) is 16.4. The number of carbonyl (C=O) groups is 1. The maximum absolute atomic E-state index is 13.7. The third-order valence-corrected chi connectivity index (χ3v) is 22.6. The molecule has 0 aromatic rings. The number of ether oxygens (including phenoxy) is 2. The molecule has 0 spiro atoms. The van der Waals surface area contributed by atoms with E-state index in [1.807, 2.05) is 0 Å². The highest BCUT2D eigenvalue weighted by atomic mass is 28.4. The molecule has 0 unspecified atom stereocenters. The minimum Gasteiger partial charge on any atom is -0.500 e. The molecule has 2 saturated carbocycles. The molecule has 1 aliphatic heterocycles. The molecule has 3 fully saturated rings. The molecule has 7 heteroatoms. The van der Waals surface area contributed by atoms with Gasteiger partial charge < -0.3 is 18.3 Å². The molecule has 0 aromatic carbocycles. The van der Waals surface area contributed by atoms with Gasteiger partial charge in [0.05, 0.1) is 13.7 Å². The second kappa shape index (κ2) is 11.1. The summed E-state index contributed by atoms with van der Waals surface area (Å²) in [4.78, 5) is 13.7. The number of methoxy groups -OCH3 is 1. The molecule has 0 aromatic heterocycles. The Bertz CT molecular complexity index is 1010. The van der Waals surface area contributed by atoms with Crippen LogP contribution < -0.4 is 0 Å². The van der Waals surface area contributed by atoms with E-state index in [0.717, 1.165) is 25.0 Å². The molecule has 0 amide bonds. The summed E-state index contributed by atoms with van der Waals surface area (Å²) in [5, 5.41) is 0.101. The van der Waals surface area contributed by atoms with E-state index in [1.54, 1.807) is 7.11 Å². The first-order valence-electron chi connectivity index (χ1n) is 16.7. The van der Waals surface area contributed by atoms with Crippen LogP contribution in [-0.2, 0) is 23.1 Å². The van der Waals surface area contributed by atoms with Crippen LogP contribution in [0.25, 0.3) is 0 Å². The lowest BCUT2D eigenvalue weighted by molar-refractivity contribution is -0.221. The van der Waals surface area contributed by atoms with Crippen molar-refractivity contribution in [3.8, 4) is 0 Å². The van der Waals surface area contributed by atoms with Crippen molar-refractivity contribution in [1.29, 1.82) is 0 Å². The Kier molecular flexibility index (Phi) is 8.98. The third-order valence-electron chi connectivity index (χ3n) is 13.5. The van der Waals surface area contributed by atoms with Crippen molar-refractivity contribution in [2.24, 2.45) is 39.9 Å². The van der Waals surface area contributed by atoms with Crippen molar-refractivity contribution < 1.29 is 23.1 Å². The molecule has 4 rings (SSSR count). The SMILES string of the molecule is CC[Si](CC)(CC)O[C@@H]1C[C@H](C)C[C@@H]2[C@@H]1C[C@H](O[Si](C)(C)C(C)(C)C)[C@H]1[C@@]2(C)C=C(OC)[C@@]2(C)C(=O)OCC[C@@]12C. The van der Waals surface area contributed by atoms with Crippen molar-refractivity contribution in [3.05, 3.63) is 11.8 Å². The Balaban J connectivity index is 1.92. The molecule has 3 aliphatic carbocycles. The monoisotopic (exact) mass is 606 g/mol. The average molecular weight is 607 g/mol. The van der Waals surface area contributed by atoms with E-state index in [-0.39, 0.29) is 40.0 Å². The number of rotatable bonds is 8. The molecule has 0 bridgehead atoms. The zero-order chi connectivity index (χ0) is 30.8. The van der Waals surface area contributed by atoms with Gasteiger partial charge in [-0.25, -0.2) is 0 Å². The van der Waals surface area contributed by atoms with Crippen LogP contribution in [0, 0.1) is 39.9 Å². The third kappa shape index (κ3) is 5.05. The largest absolute Gasteiger partial charge is 0.500 e. The van der Waals surface area contributed by atoms with Crippen LogP contribution in [0.15, 0.2) is 11.8 Å². The van der Waals surface area contributed by atoms with E-state index < -0.39 is 22.0 Å². The molecule has 0 radical (unpaired) electrons. The molecule has 4 aliphatic rings. The highest BCUT2D eigenvalue weighted by molar-refractivity contribution is 6.74. The number of allylic oxidation sites excluding steroid dienone is 1. The summed E-state index contributed by atoms with van der Waals surface area (Å²) in [5.41, 5.74) is -1.32. The normalized spacial score (nSPS) is 41.5. The minimum absolute atomic E-state index is 0.0625. The predicted octanol–water partition coefficient (Wildman–Crippen LogP) is 8.96. The summed E-state index contributed by atoms with van der Waals surface area (Å²) in [5.74, 6) is 2.35. The van der Waals surface area contributed by atoms with E-state index >= 15 is 0 Å². The van der Waals surface area contributed by atoms with Crippen LogP contribution in [0.3, 0.4) is 0 Å². The van der Waals surface area contributed by atoms with Gasteiger partial charge in [0, 0.05) is 18.1 Å². The van der Waals surface area contributed by atoms with E-state index in [1.165, 1.54) is 24.6 Å². The maximum Gasteiger partial charge on any atom is 0.320 e. The number of cyclic esters (lactones) is 1. The van der Waals surface area contributed by atoms with Crippen LogP contribution >= 0.6 is 0 Å². The molecule has 5 nitrogen and oxygen atoms in total. The van der Waals surface area contributed by atoms with E-state index in [4.69, 9.17) is 18.3 Å². The lowest BCUT2D eigenvalue weighted by Gasteiger charge is -2.68. The van der Waals surface area contributed by atoms with Crippen molar-refractivity contribution in [3.63, 3.8) is 0 Å². The zero-order valence-electron chi connectivity index (χ0n) is 28.7. The van der Waals surface area contributed by atoms with E-state index in [2.05, 4.69) is 88.4 Å². The molecule has 41 heavy (non-hydrogen) atoms. The Morgan fingerprint density at radius 1 is 0.976 bits per heavy atom. The standard InChI is InChI=1S/C34H62O5Si2/c1-14-41(15-2,16-3)39-26-20-23(4)19-25-24(26)21-27(38-40(12,13)31(5,6)7)29-32(25,8)22-28(36-11)34(10)30(35)37-18-17-33(29,34)9/h22-27,29H,14-21H2,1-13H3/t23-,24+,25-,26-,27+,29+,32+,33+,34+/m1/s1. The topological polar surface area (TPSA) is 54.0 Å². The molecule has 0 N–H and O–H groups in total. The van der Waals surface area contributed by atoms with Crippen LogP contribution in [-0.4, -0.2) is 48.5 Å². The van der Waals surface area contributed by atoms with E-state index in [9.17, 15) is 4.79 Å². The maximum atomic E-state index is 13.7. The number of hydrogen-bond donors (Lipinski definition) is 0. The minimum atomic E-state index is -2.12. The lowest BCUT2D eigenvalue weighted by atomic mass is 9.39. The molecule has 1 saturated heterocycles. The number of fused-ring (bicyclic) bond motifs is 5. The fourth-order valence-corrected chi connectivity index (χ4v) is 13.8. The first-order chi connectivity index (χ1) is 18.9. The first-order valence-corrected chi connectivity index (χ1v) is 22.1. The Morgan fingerprint density at radius 3 is 2.12 bits per heavy atom. The predicted molar refractivity (Wildman–Crippen MR) is 173 cm³/mol. The highest BCUT2D eigenvalue weighted by Crippen LogP contribution is 2.71. The molecular weight excluding hydrogens is 545 g/mol. The summed E-state index contributed by atoms with van der Waals surface area (Å²) in [6.45, 7) is 28.7. The summed E-state index contributed by atoms with van der Waals surface area (Å²) >= 11 is 0. The van der Waals surface area contributed by atoms with Crippen LogP contribution in [0.2, 0.25) is 36.3 Å². The first kappa shape index (κ1) is 33.3. The Hall–Kier alpha value is -0.636. The summed E-state index contributed by atoms with van der Waals surface area (Å²) in [6.07, 6.45) is 6.90. The van der Waals surface area contributed by atoms with E-state index in [0.29, 0.717) is 24.4 Å².